The van der Waals surface area contributed by atoms with Crippen molar-refractivity contribution in [3.8, 4) is 0 Å². The van der Waals surface area contributed by atoms with E-state index in [4.69, 9.17) is 9.84 Å². The van der Waals surface area contributed by atoms with Crippen LogP contribution in [-0.2, 0) is 14.3 Å². The molecule has 0 aromatic carbocycles. The van der Waals surface area contributed by atoms with Gasteiger partial charge in [-0.2, -0.15) is 0 Å². The van der Waals surface area contributed by atoms with E-state index in [0.29, 0.717) is 0 Å². The van der Waals surface area contributed by atoms with Crippen LogP contribution in [0.3, 0.4) is 0 Å². The normalized spacial score (nSPS) is 16.5. The molecule has 0 rings (SSSR count). The number of hydrogen-bond donors (Lipinski definition) is 2. The van der Waals surface area contributed by atoms with Gasteiger partial charge in [0.2, 0.25) is 5.91 Å². The molecule has 0 spiro atoms. The predicted molar refractivity (Wildman–Crippen MR) is 55.5 cm³/mol. The van der Waals surface area contributed by atoms with Gasteiger partial charge >= 0.3 is 5.97 Å². The molecule has 0 aliphatic carbocycles. The minimum absolute atomic E-state index is 0.0729. The zero-order chi connectivity index (χ0) is 12.0. The summed E-state index contributed by atoms with van der Waals surface area (Å²) in [7, 11) is 0. The van der Waals surface area contributed by atoms with Crippen molar-refractivity contribution >= 4 is 11.9 Å². The van der Waals surface area contributed by atoms with Crippen LogP contribution in [0.5, 0.6) is 0 Å². The van der Waals surface area contributed by atoms with Crippen molar-refractivity contribution in [2.75, 3.05) is 0 Å². The van der Waals surface area contributed by atoms with Gasteiger partial charge in [-0.05, 0) is 27.2 Å². The first kappa shape index (κ1) is 13.9. The van der Waals surface area contributed by atoms with E-state index >= 15 is 0 Å². The molecule has 0 saturated heterocycles. The van der Waals surface area contributed by atoms with Crippen LogP contribution in [0.15, 0.2) is 0 Å². The number of ether oxygens (including phenoxy) is 1. The maximum absolute atomic E-state index is 11.4. The molecule has 88 valence electrons. The Bertz CT molecular complexity index is 229. The Labute approximate surface area is 89.8 Å². The number of amides is 1. The molecule has 15 heavy (non-hydrogen) atoms. The molecule has 0 bridgehead atoms. The van der Waals surface area contributed by atoms with Gasteiger partial charge in [-0.25, -0.2) is 4.79 Å². The average molecular weight is 217 g/mol. The Morgan fingerprint density at radius 1 is 1.27 bits per heavy atom. The van der Waals surface area contributed by atoms with E-state index in [-0.39, 0.29) is 11.9 Å². The molecule has 1 amide bonds. The molecule has 0 radical (unpaired) electrons. The smallest absolute Gasteiger partial charge is 0.332 e. The van der Waals surface area contributed by atoms with Gasteiger partial charge in [-0.15, -0.1) is 0 Å². The van der Waals surface area contributed by atoms with Gasteiger partial charge in [0.15, 0.2) is 6.10 Å². The Morgan fingerprint density at radius 3 is 2.20 bits per heavy atom. The lowest BCUT2D eigenvalue weighted by Crippen LogP contribution is -2.41. The largest absolute Gasteiger partial charge is 0.479 e. The van der Waals surface area contributed by atoms with E-state index in [2.05, 4.69) is 5.32 Å². The van der Waals surface area contributed by atoms with Gasteiger partial charge in [0.25, 0.3) is 0 Å². The fourth-order valence-corrected chi connectivity index (χ4v) is 0.888. The van der Waals surface area contributed by atoms with Gasteiger partial charge in [0, 0.05) is 6.04 Å². The predicted octanol–water partition coefficient (Wildman–Crippen LogP) is 0.779. The lowest BCUT2D eigenvalue weighted by atomic mass is 10.2. The molecule has 0 saturated carbocycles. The zero-order valence-electron chi connectivity index (χ0n) is 9.61. The summed E-state index contributed by atoms with van der Waals surface area (Å²) in [6.45, 7) is 6.77. The zero-order valence-corrected chi connectivity index (χ0v) is 9.61. The number of hydrogen-bond acceptors (Lipinski definition) is 3. The average Bonchev–Trinajstić information content (AvgIpc) is 2.16. The molecule has 0 aliphatic heterocycles. The van der Waals surface area contributed by atoms with Crippen LogP contribution in [0.4, 0.5) is 0 Å². The number of carbonyl (C=O) groups is 2. The second-order valence-corrected chi connectivity index (χ2v) is 3.58. The molecule has 2 unspecified atom stereocenters. The quantitative estimate of drug-likeness (QED) is 0.689. The van der Waals surface area contributed by atoms with Crippen molar-refractivity contribution in [1.82, 2.24) is 5.32 Å². The first-order chi connectivity index (χ1) is 6.88. The first-order valence-corrected chi connectivity index (χ1v) is 5.07. The number of carbonyl (C=O) groups excluding carboxylic acids is 1. The summed E-state index contributed by atoms with van der Waals surface area (Å²) in [5.41, 5.74) is 0. The molecule has 3 atom stereocenters. The van der Waals surface area contributed by atoms with Crippen molar-refractivity contribution < 1.29 is 19.4 Å². The maximum Gasteiger partial charge on any atom is 0.332 e. The van der Waals surface area contributed by atoms with Gasteiger partial charge in [-0.1, -0.05) is 6.92 Å². The molecule has 0 aromatic rings. The van der Waals surface area contributed by atoms with Gasteiger partial charge < -0.3 is 15.2 Å². The molecule has 2 N–H and O–H groups in total. The van der Waals surface area contributed by atoms with E-state index in [0.717, 1.165) is 6.42 Å². The first-order valence-electron chi connectivity index (χ1n) is 5.07. The van der Waals surface area contributed by atoms with Crippen LogP contribution < -0.4 is 5.32 Å². The van der Waals surface area contributed by atoms with Gasteiger partial charge in [-0.3, -0.25) is 4.79 Å². The SMILES string of the molecule is CCC(C)NC(=O)C(C)O[C@@H](C)C(=O)O. The Balaban J connectivity index is 4.04. The number of nitrogens with one attached hydrogen (secondary N) is 1. The van der Waals surface area contributed by atoms with Crippen LogP contribution in [0.1, 0.15) is 34.1 Å². The molecule has 0 aliphatic rings. The Morgan fingerprint density at radius 2 is 1.80 bits per heavy atom. The van der Waals surface area contributed by atoms with Crippen molar-refractivity contribution in [3.63, 3.8) is 0 Å². The highest BCUT2D eigenvalue weighted by molar-refractivity contribution is 5.81. The Hall–Kier alpha value is -1.10. The number of carboxylic acid groups (broad SMARTS) is 1. The van der Waals surface area contributed by atoms with Crippen LogP contribution in [-0.4, -0.2) is 35.2 Å². The summed E-state index contributed by atoms with van der Waals surface area (Å²) < 4.78 is 5.01. The molecule has 5 nitrogen and oxygen atoms in total. The molecular formula is C10H19NO4. The van der Waals surface area contributed by atoms with Gasteiger partial charge in [0.1, 0.15) is 6.10 Å². The summed E-state index contributed by atoms with van der Waals surface area (Å²) in [6, 6.07) is 0.0729. The van der Waals surface area contributed by atoms with Crippen molar-refractivity contribution in [1.29, 1.82) is 0 Å². The standard InChI is InChI=1S/C10H19NO4/c1-5-6(2)11-9(12)7(3)15-8(4)10(13)14/h6-8H,5H2,1-4H3,(H,11,12)(H,13,14)/t6?,7?,8-/m0/s1. The minimum atomic E-state index is -1.07. The highest BCUT2D eigenvalue weighted by Crippen LogP contribution is 2.00. The van der Waals surface area contributed by atoms with Crippen molar-refractivity contribution in [2.24, 2.45) is 0 Å². The molecule has 5 heteroatoms. The van der Waals surface area contributed by atoms with E-state index < -0.39 is 18.2 Å². The Kier molecular flexibility index (Phi) is 5.93. The van der Waals surface area contributed by atoms with Crippen LogP contribution >= 0.6 is 0 Å². The number of carboxylic acids is 1. The van der Waals surface area contributed by atoms with Crippen LogP contribution in [0, 0.1) is 0 Å². The molecule has 0 aromatic heterocycles. The third-order valence-corrected chi connectivity index (χ3v) is 2.13. The van der Waals surface area contributed by atoms with Crippen LogP contribution in [0.25, 0.3) is 0 Å². The highest BCUT2D eigenvalue weighted by atomic mass is 16.5. The fourth-order valence-electron chi connectivity index (χ4n) is 0.888. The second kappa shape index (κ2) is 6.40. The monoisotopic (exact) mass is 217 g/mol. The fraction of sp³-hybridized carbons (Fsp3) is 0.800. The van der Waals surface area contributed by atoms with Crippen molar-refractivity contribution in [2.45, 2.75) is 52.4 Å². The maximum atomic E-state index is 11.4. The third kappa shape index (κ3) is 5.37. The van der Waals surface area contributed by atoms with E-state index in [1.165, 1.54) is 13.8 Å². The summed E-state index contributed by atoms with van der Waals surface area (Å²) in [5.74, 6) is -1.35. The van der Waals surface area contributed by atoms with E-state index in [1.807, 2.05) is 13.8 Å². The van der Waals surface area contributed by atoms with Crippen molar-refractivity contribution in [3.05, 3.63) is 0 Å². The third-order valence-electron chi connectivity index (χ3n) is 2.13. The molecular weight excluding hydrogens is 198 g/mol. The summed E-state index contributed by atoms with van der Waals surface area (Å²) in [6.07, 6.45) is -0.889. The highest BCUT2D eigenvalue weighted by Gasteiger charge is 2.21. The molecule has 0 heterocycles. The van der Waals surface area contributed by atoms with E-state index in [9.17, 15) is 9.59 Å². The topological polar surface area (TPSA) is 75.6 Å². The lowest BCUT2D eigenvalue weighted by molar-refractivity contribution is -0.155. The number of aliphatic carboxylic acids is 1. The van der Waals surface area contributed by atoms with Gasteiger partial charge in [0.05, 0.1) is 0 Å². The second-order valence-electron chi connectivity index (χ2n) is 3.58. The summed E-state index contributed by atoms with van der Waals surface area (Å²) >= 11 is 0. The van der Waals surface area contributed by atoms with E-state index in [1.54, 1.807) is 0 Å². The summed E-state index contributed by atoms with van der Waals surface area (Å²) in [4.78, 5) is 21.9. The minimum Gasteiger partial charge on any atom is -0.479 e. The summed E-state index contributed by atoms with van der Waals surface area (Å²) in [5, 5.41) is 11.3. The lowest BCUT2D eigenvalue weighted by Gasteiger charge is -2.18. The molecule has 0 fully saturated rings. The van der Waals surface area contributed by atoms with Crippen LogP contribution in [0.2, 0.25) is 0 Å². The number of rotatable bonds is 6.